The minimum Gasteiger partial charge on any atom is -0.512 e. The van der Waals surface area contributed by atoms with E-state index in [1.807, 2.05) is 27.7 Å². The lowest BCUT2D eigenvalue weighted by Crippen LogP contribution is -2.43. The Morgan fingerprint density at radius 2 is 1.53 bits per heavy atom. The van der Waals surface area contributed by atoms with Crippen LogP contribution in [0.2, 0.25) is 0 Å². The molecular weight excluding hydrogens is 436 g/mol. The number of ketones is 3. The van der Waals surface area contributed by atoms with E-state index in [0.29, 0.717) is 17.7 Å². The van der Waals surface area contributed by atoms with Gasteiger partial charge in [0.05, 0.1) is 12.5 Å². The number of allylic oxidation sites excluding steroid dienone is 2. The van der Waals surface area contributed by atoms with Crippen molar-refractivity contribution < 1.29 is 33.8 Å². The monoisotopic (exact) mass is 470 g/mol. The maximum absolute atomic E-state index is 13.2. The van der Waals surface area contributed by atoms with Gasteiger partial charge in [0.1, 0.15) is 23.1 Å². The summed E-state index contributed by atoms with van der Waals surface area (Å²) in [5, 5.41) is 10.9. The van der Waals surface area contributed by atoms with Crippen molar-refractivity contribution >= 4 is 23.3 Å². The maximum atomic E-state index is 13.2. The maximum Gasteiger partial charge on any atom is 0.344 e. The molecule has 3 rings (SSSR count). The van der Waals surface area contributed by atoms with Crippen LogP contribution in [0.1, 0.15) is 71.8 Å². The predicted octanol–water partition coefficient (Wildman–Crippen LogP) is 4.49. The molecule has 0 amide bonds. The first-order chi connectivity index (χ1) is 15.8. The van der Waals surface area contributed by atoms with Gasteiger partial charge in [-0.2, -0.15) is 0 Å². The van der Waals surface area contributed by atoms with Crippen LogP contribution in [0.25, 0.3) is 0 Å². The Morgan fingerprint density at radius 1 is 0.971 bits per heavy atom. The SMILES string of the molecule is CCOC(=O)COc1ccc([C@@H](C2=C(O)CC(C)(C)CC2=O)C2C(=O)CC(C)(C)CC2=O)cc1. The molecule has 7 nitrogen and oxygen atoms in total. The summed E-state index contributed by atoms with van der Waals surface area (Å²) in [6.07, 6.45) is 0.985. The van der Waals surface area contributed by atoms with Crippen LogP contribution < -0.4 is 4.74 Å². The molecule has 1 saturated carbocycles. The Morgan fingerprint density at radius 3 is 2.06 bits per heavy atom. The van der Waals surface area contributed by atoms with Gasteiger partial charge in [-0.3, -0.25) is 14.4 Å². The molecule has 184 valence electrons. The van der Waals surface area contributed by atoms with Crippen LogP contribution in [-0.2, 0) is 23.9 Å². The Hall–Kier alpha value is -2.96. The molecule has 1 aromatic carbocycles. The number of rotatable bonds is 7. The number of hydrogen-bond donors (Lipinski definition) is 1. The molecular formula is C27H34O7. The lowest BCUT2D eigenvalue weighted by atomic mass is 9.62. The fourth-order valence-electron chi connectivity index (χ4n) is 5.07. The minimum atomic E-state index is -1.03. The molecule has 0 aromatic heterocycles. The quantitative estimate of drug-likeness (QED) is 0.462. The number of aliphatic hydroxyl groups excluding tert-OH is 1. The van der Waals surface area contributed by atoms with Gasteiger partial charge in [0, 0.05) is 37.2 Å². The van der Waals surface area contributed by atoms with Gasteiger partial charge in [0.25, 0.3) is 0 Å². The van der Waals surface area contributed by atoms with E-state index in [1.54, 1.807) is 31.2 Å². The third-order valence-electron chi connectivity index (χ3n) is 6.44. The summed E-state index contributed by atoms with van der Waals surface area (Å²) in [4.78, 5) is 51.2. The average molecular weight is 471 g/mol. The van der Waals surface area contributed by atoms with Crippen LogP contribution in [-0.4, -0.2) is 41.6 Å². The van der Waals surface area contributed by atoms with Gasteiger partial charge in [-0.25, -0.2) is 4.79 Å². The number of esters is 1. The zero-order chi connectivity index (χ0) is 25.3. The molecule has 1 N–H and O–H groups in total. The molecule has 0 saturated heterocycles. The molecule has 0 aliphatic heterocycles. The molecule has 34 heavy (non-hydrogen) atoms. The highest BCUT2D eigenvalue weighted by Gasteiger charge is 2.48. The first-order valence-corrected chi connectivity index (χ1v) is 11.7. The van der Waals surface area contributed by atoms with Crippen LogP contribution >= 0.6 is 0 Å². The average Bonchev–Trinajstić information content (AvgIpc) is 2.69. The zero-order valence-corrected chi connectivity index (χ0v) is 20.6. The summed E-state index contributed by atoms with van der Waals surface area (Å²) >= 11 is 0. The summed E-state index contributed by atoms with van der Waals surface area (Å²) in [6, 6.07) is 6.60. The van der Waals surface area contributed by atoms with Crippen LogP contribution in [0.4, 0.5) is 0 Å². The summed E-state index contributed by atoms with van der Waals surface area (Å²) in [5.74, 6) is -2.70. The van der Waals surface area contributed by atoms with Crippen molar-refractivity contribution in [3.8, 4) is 5.75 Å². The van der Waals surface area contributed by atoms with Crippen molar-refractivity contribution in [2.75, 3.05) is 13.2 Å². The fourth-order valence-corrected chi connectivity index (χ4v) is 5.07. The van der Waals surface area contributed by atoms with Gasteiger partial charge in [0.2, 0.25) is 0 Å². The van der Waals surface area contributed by atoms with Gasteiger partial charge in [-0.05, 0) is 35.4 Å². The van der Waals surface area contributed by atoms with Gasteiger partial charge in [-0.1, -0.05) is 39.8 Å². The summed E-state index contributed by atoms with van der Waals surface area (Å²) in [7, 11) is 0. The molecule has 0 spiro atoms. The van der Waals surface area contributed by atoms with Gasteiger partial charge in [-0.15, -0.1) is 0 Å². The molecule has 1 aromatic rings. The fraction of sp³-hybridized carbons (Fsp3) is 0.556. The second kappa shape index (κ2) is 9.72. The van der Waals surface area contributed by atoms with E-state index >= 15 is 0 Å². The Kier molecular flexibility index (Phi) is 7.34. The van der Waals surface area contributed by atoms with E-state index in [9.17, 15) is 24.3 Å². The van der Waals surface area contributed by atoms with Crippen molar-refractivity contribution in [1.82, 2.24) is 0 Å². The summed E-state index contributed by atoms with van der Waals surface area (Å²) < 4.78 is 10.3. The molecule has 0 unspecified atom stereocenters. The van der Waals surface area contributed by atoms with Gasteiger partial charge in [0.15, 0.2) is 12.4 Å². The topological polar surface area (TPSA) is 107 Å². The number of ether oxygens (including phenoxy) is 2. The van der Waals surface area contributed by atoms with Crippen LogP contribution in [0.5, 0.6) is 5.75 Å². The second-order valence-corrected chi connectivity index (χ2v) is 10.9. The highest BCUT2D eigenvalue weighted by Crippen LogP contribution is 2.47. The molecule has 0 bridgehead atoms. The molecule has 2 aliphatic carbocycles. The van der Waals surface area contributed by atoms with Crippen molar-refractivity contribution in [3.63, 3.8) is 0 Å². The van der Waals surface area contributed by atoms with Crippen LogP contribution in [0, 0.1) is 16.7 Å². The molecule has 1 fully saturated rings. The minimum absolute atomic E-state index is 0.0562. The number of carbonyl (C=O) groups is 4. The second-order valence-electron chi connectivity index (χ2n) is 10.9. The van der Waals surface area contributed by atoms with Crippen LogP contribution in [0.15, 0.2) is 35.6 Å². The van der Waals surface area contributed by atoms with E-state index in [2.05, 4.69) is 0 Å². The Balaban J connectivity index is 2.00. The van der Waals surface area contributed by atoms with Crippen LogP contribution in [0.3, 0.4) is 0 Å². The van der Waals surface area contributed by atoms with Crippen molar-refractivity contribution in [1.29, 1.82) is 0 Å². The molecule has 1 atom stereocenters. The third-order valence-corrected chi connectivity index (χ3v) is 6.44. The van der Waals surface area contributed by atoms with E-state index in [4.69, 9.17) is 9.47 Å². The summed E-state index contributed by atoms with van der Waals surface area (Å²) in [5.41, 5.74) is -0.104. The Bertz CT molecular complexity index is 994. The summed E-state index contributed by atoms with van der Waals surface area (Å²) in [6.45, 7) is 9.30. The van der Waals surface area contributed by atoms with Gasteiger partial charge < -0.3 is 14.6 Å². The number of carbonyl (C=O) groups excluding carboxylic acids is 4. The molecule has 0 heterocycles. The number of Topliss-reactive ketones (excluding diaryl/α,β-unsaturated/α-hetero) is 3. The first kappa shape index (κ1) is 25.7. The zero-order valence-electron chi connectivity index (χ0n) is 20.6. The third kappa shape index (κ3) is 5.75. The first-order valence-electron chi connectivity index (χ1n) is 11.7. The molecule has 0 radical (unpaired) electrons. The smallest absolute Gasteiger partial charge is 0.344 e. The molecule has 7 heteroatoms. The molecule has 2 aliphatic rings. The van der Waals surface area contributed by atoms with E-state index in [-0.39, 0.29) is 61.2 Å². The van der Waals surface area contributed by atoms with Gasteiger partial charge >= 0.3 is 5.97 Å². The van der Waals surface area contributed by atoms with Crippen molar-refractivity contribution in [2.45, 2.75) is 66.2 Å². The highest BCUT2D eigenvalue weighted by atomic mass is 16.6. The standard InChI is InChI=1S/C27H34O7/c1-6-33-22(32)15-34-17-9-7-16(8-10-17)23(24-18(28)11-26(2,3)12-19(24)29)25-20(30)13-27(4,5)14-21(25)31/h7-10,23-24,30H,6,11-15H2,1-5H3/t23-/m1/s1. The number of hydrogen-bond acceptors (Lipinski definition) is 7. The lowest BCUT2D eigenvalue weighted by Gasteiger charge is -2.39. The highest BCUT2D eigenvalue weighted by molar-refractivity contribution is 6.09. The van der Waals surface area contributed by atoms with Crippen molar-refractivity contribution in [2.24, 2.45) is 16.7 Å². The normalized spacial score (nSPS) is 21.4. The van der Waals surface area contributed by atoms with E-state index in [1.165, 1.54) is 0 Å². The Labute approximate surface area is 200 Å². The van der Waals surface area contributed by atoms with E-state index < -0.39 is 28.6 Å². The largest absolute Gasteiger partial charge is 0.512 e. The lowest BCUT2D eigenvalue weighted by molar-refractivity contribution is -0.145. The number of aliphatic hydroxyl groups is 1. The van der Waals surface area contributed by atoms with E-state index in [0.717, 1.165) is 0 Å². The number of benzene rings is 1. The van der Waals surface area contributed by atoms with Crippen molar-refractivity contribution in [3.05, 3.63) is 41.2 Å². The predicted molar refractivity (Wildman–Crippen MR) is 126 cm³/mol.